The van der Waals surface area contributed by atoms with Crippen molar-refractivity contribution < 1.29 is 14.3 Å². The molecule has 0 saturated heterocycles. The summed E-state index contributed by atoms with van der Waals surface area (Å²) in [5.41, 5.74) is 0.678. The van der Waals surface area contributed by atoms with E-state index in [1.807, 2.05) is 6.92 Å². The third kappa shape index (κ3) is 6.02. The molecule has 0 spiro atoms. The smallest absolute Gasteiger partial charge is 0.315 e. The molecule has 1 atom stereocenters. The summed E-state index contributed by atoms with van der Waals surface area (Å²) < 4.78 is 13.8. The third-order valence-electron chi connectivity index (χ3n) is 2.68. The fraction of sp³-hybridized carbons (Fsp3) is 0.462. The molecule has 1 aromatic carbocycles. The number of hydrogen-bond acceptors (Lipinski definition) is 2. The Morgan fingerprint density at radius 3 is 2.79 bits per heavy atom. The average Bonchev–Trinajstić information content (AvgIpc) is 2.34. The number of carbonyl (C=O) groups excluding carboxylic acids is 1. The quantitative estimate of drug-likeness (QED) is 0.749. The second-order valence-corrected chi connectivity index (χ2v) is 5.14. The zero-order valence-electron chi connectivity index (χ0n) is 10.7. The van der Waals surface area contributed by atoms with E-state index in [4.69, 9.17) is 5.11 Å². The first-order valence-corrected chi connectivity index (χ1v) is 6.94. The SMILES string of the molecule is CCC(CCO)NC(=O)NCc1cc(F)cc(Br)c1. The van der Waals surface area contributed by atoms with E-state index in [-0.39, 0.29) is 31.0 Å². The van der Waals surface area contributed by atoms with Gasteiger partial charge >= 0.3 is 6.03 Å². The molecule has 2 amide bonds. The summed E-state index contributed by atoms with van der Waals surface area (Å²) in [6.45, 7) is 2.22. The van der Waals surface area contributed by atoms with Gasteiger partial charge in [-0.3, -0.25) is 0 Å². The molecule has 0 heterocycles. The molecule has 19 heavy (non-hydrogen) atoms. The Hall–Kier alpha value is -1.14. The van der Waals surface area contributed by atoms with Gasteiger partial charge in [-0.1, -0.05) is 22.9 Å². The van der Waals surface area contributed by atoms with Gasteiger partial charge in [0.05, 0.1) is 0 Å². The molecule has 0 aliphatic carbocycles. The Labute approximate surface area is 120 Å². The molecule has 0 aliphatic rings. The van der Waals surface area contributed by atoms with Crippen LogP contribution in [0.5, 0.6) is 0 Å². The monoisotopic (exact) mass is 332 g/mol. The van der Waals surface area contributed by atoms with Gasteiger partial charge in [-0.05, 0) is 36.6 Å². The van der Waals surface area contributed by atoms with Crippen LogP contribution in [-0.2, 0) is 6.54 Å². The van der Waals surface area contributed by atoms with Crippen molar-refractivity contribution in [1.29, 1.82) is 0 Å². The second-order valence-electron chi connectivity index (χ2n) is 4.22. The first-order valence-electron chi connectivity index (χ1n) is 6.15. The van der Waals surface area contributed by atoms with Crippen molar-refractivity contribution in [2.45, 2.75) is 32.4 Å². The van der Waals surface area contributed by atoms with Crippen LogP contribution in [0.15, 0.2) is 22.7 Å². The van der Waals surface area contributed by atoms with Crippen LogP contribution in [0.3, 0.4) is 0 Å². The van der Waals surface area contributed by atoms with Crippen molar-refractivity contribution in [3.63, 3.8) is 0 Å². The van der Waals surface area contributed by atoms with Crippen LogP contribution in [0.1, 0.15) is 25.3 Å². The van der Waals surface area contributed by atoms with Crippen LogP contribution in [0.4, 0.5) is 9.18 Å². The summed E-state index contributed by atoms with van der Waals surface area (Å²) in [7, 11) is 0. The number of aliphatic hydroxyl groups is 1. The van der Waals surface area contributed by atoms with Crippen molar-refractivity contribution in [3.05, 3.63) is 34.1 Å². The molecule has 6 heteroatoms. The molecule has 0 aliphatic heterocycles. The zero-order chi connectivity index (χ0) is 14.3. The number of halogens is 2. The van der Waals surface area contributed by atoms with E-state index >= 15 is 0 Å². The van der Waals surface area contributed by atoms with E-state index in [0.29, 0.717) is 16.5 Å². The number of rotatable bonds is 6. The van der Waals surface area contributed by atoms with Gasteiger partial charge in [0.15, 0.2) is 0 Å². The number of hydrogen-bond donors (Lipinski definition) is 3. The minimum atomic E-state index is -0.349. The normalized spacial score (nSPS) is 12.0. The molecule has 1 rings (SSSR count). The second kappa shape index (κ2) is 8.12. The number of aliphatic hydroxyl groups excluding tert-OH is 1. The van der Waals surface area contributed by atoms with Crippen LogP contribution >= 0.6 is 15.9 Å². The number of urea groups is 1. The third-order valence-corrected chi connectivity index (χ3v) is 3.14. The van der Waals surface area contributed by atoms with E-state index < -0.39 is 0 Å². The molecule has 0 fully saturated rings. The van der Waals surface area contributed by atoms with Gasteiger partial charge in [-0.15, -0.1) is 0 Å². The van der Waals surface area contributed by atoms with Crippen molar-refractivity contribution in [2.75, 3.05) is 6.61 Å². The lowest BCUT2D eigenvalue weighted by Crippen LogP contribution is -2.41. The van der Waals surface area contributed by atoms with Gasteiger partial charge in [0, 0.05) is 23.7 Å². The van der Waals surface area contributed by atoms with Gasteiger partial charge in [0.1, 0.15) is 5.82 Å². The Balaban J connectivity index is 2.45. The molecule has 0 saturated carbocycles. The van der Waals surface area contributed by atoms with Crippen molar-refractivity contribution in [2.24, 2.45) is 0 Å². The maximum Gasteiger partial charge on any atom is 0.315 e. The van der Waals surface area contributed by atoms with Crippen LogP contribution in [0.2, 0.25) is 0 Å². The Morgan fingerprint density at radius 2 is 2.21 bits per heavy atom. The van der Waals surface area contributed by atoms with Crippen molar-refractivity contribution >= 4 is 22.0 Å². The Bertz CT molecular complexity index is 409. The van der Waals surface area contributed by atoms with Crippen LogP contribution in [0, 0.1) is 5.82 Å². The largest absolute Gasteiger partial charge is 0.396 e. The van der Waals surface area contributed by atoms with E-state index in [1.54, 1.807) is 6.07 Å². The molecular formula is C13H18BrFN2O2. The summed E-state index contributed by atoms with van der Waals surface area (Å²) in [4.78, 5) is 11.6. The maximum atomic E-state index is 13.1. The first-order chi connectivity index (χ1) is 9.05. The van der Waals surface area contributed by atoms with Gasteiger partial charge in [0.25, 0.3) is 0 Å². The van der Waals surface area contributed by atoms with Gasteiger partial charge in [-0.25, -0.2) is 9.18 Å². The molecule has 3 N–H and O–H groups in total. The summed E-state index contributed by atoms with van der Waals surface area (Å²) >= 11 is 3.20. The van der Waals surface area contributed by atoms with E-state index in [0.717, 1.165) is 6.42 Å². The maximum absolute atomic E-state index is 13.1. The van der Waals surface area contributed by atoms with Gasteiger partial charge in [-0.2, -0.15) is 0 Å². The van der Waals surface area contributed by atoms with Gasteiger partial charge in [0.2, 0.25) is 0 Å². The van der Waals surface area contributed by atoms with Crippen LogP contribution < -0.4 is 10.6 Å². The van der Waals surface area contributed by atoms with E-state index in [9.17, 15) is 9.18 Å². The minimum Gasteiger partial charge on any atom is -0.396 e. The highest BCUT2D eigenvalue weighted by atomic mass is 79.9. The Kier molecular flexibility index (Phi) is 6.80. The van der Waals surface area contributed by atoms with Gasteiger partial charge < -0.3 is 15.7 Å². The van der Waals surface area contributed by atoms with Crippen LogP contribution in [-0.4, -0.2) is 23.8 Å². The summed E-state index contributed by atoms with van der Waals surface area (Å²) in [5, 5.41) is 14.2. The standard InChI is InChI=1S/C13H18BrFN2O2/c1-2-12(3-4-18)17-13(19)16-8-9-5-10(14)7-11(15)6-9/h5-7,12,18H,2-4,8H2,1H3,(H2,16,17,19). The Morgan fingerprint density at radius 1 is 1.47 bits per heavy atom. The molecule has 1 aromatic rings. The number of nitrogens with one attached hydrogen (secondary N) is 2. The zero-order valence-corrected chi connectivity index (χ0v) is 12.3. The van der Waals surface area contributed by atoms with Crippen LogP contribution in [0.25, 0.3) is 0 Å². The highest BCUT2D eigenvalue weighted by Crippen LogP contribution is 2.14. The molecule has 106 valence electrons. The number of carbonyl (C=O) groups is 1. The van der Waals surface area contributed by atoms with E-state index in [2.05, 4.69) is 26.6 Å². The minimum absolute atomic E-state index is 0.0373. The lowest BCUT2D eigenvalue weighted by Gasteiger charge is -2.16. The predicted octanol–water partition coefficient (Wildman–Crippen LogP) is 2.55. The van der Waals surface area contributed by atoms with E-state index in [1.165, 1.54) is 12.1 Å². The highest BCUT2D eigenvalue weighted by Gasteiger charge is 2.09. The molecule has 0 radical (unpaired) electrons. The highest BCUT2D eigenvalue weighted by molar-refractivity contribution is 9.10. The lowest BCUT2D eigenvalue weighted by atomic mass is 10.1. The fourth-order valence-corrected chi connectivity index (χ4v) is 2.18. The summed E-state index contributed by atoms with van der Waals surface area (Å²) in [6.07, 6.45) is 1.27. The molecule has 1 unspecified atom stereocenters. The number of benzene rings is 1. The predicted molar refractivity (Wildman–Crippen MR) is 75.3 cm³/mol. The molecular weight excluding hydrogens is 315 g/mol. The number of amides is 2. The lowest BCUT2D eigenvalue weighted by molar-refractivity contribution is 0.227. The summed E-state index contributed by atoms with van der Waals surface area (Å²) in [5.74, 6) is -0.349. The fourth-order valence-electron chi connectivity index (χ4n) is 1.67. The molecule has 0 aromatic heterocycles. The average molecular weight is 333 g/mol. The summed E-state index contributed by atoms with van der Waals surface area (Å²) in [6, 6.07) is 4.10. The topological polar surface area (TPSA) is 61.4 Å². The first kappa shape index (κ1) is 15.9. The molecule has 0 bridgehead atoms. The molecule has 4 nitrogen and oxygen atoms in total. The van der Waals surface area contributed by atoms with Crippen molar-refractivity contribution in [3.8, 4) is 0 Å². The van der Waals surface area contributed by atoms with Crippen molar-refractivity contribution in [1.82, 2.24) is 10.6 Å².